The van der Waals surface area contributed by atoms with Crippen LogP contribution in [0.25, 0.3) is 0 Å². The van der Waals surface area contributed by atoms with Crippen LogP contribution in [-0.4, -0.2) is 22.8 Å². The summed E-state index contributed by atoms with van der Waals surface area (Å²) in [4.78, 5) is 25.8. The molecule has 0 spiro atoms. The zero-order valence-corrected chi connectivity index (χ0v) is 13.3. The van der Waals surface area contributed by atoms with Gasteiger partial charge in [0.1, 0.15) is 0 Å². The molecule has 0 bridgehead atoms. The Morgan fingerprint density at radius 3 is 2.39 bits per heavy atom. The zero-order valence-electron chi connectivity index (χ0n) is 12.5. The summed E-state index contributed by atoms with van der Waals surface area (Å²) in [6.07, 6.45) is 0.208. The number of likely N-dealkylation sites (tertiary alicyclic amines) is 1. The van der Waals surface area contributed by atoms with Gasteiger partial charge in [0.05, 0.1) is 19.0 Å². The highest BCUT2D eigenvalue weighted by Crippen LogP contribution is 2.17. The third-order valence-corrected chi connectivity index (χ3v) is 4.15. The summed E-state index contributed by atoms with van der Waals surface area (Å²) in [6, 6.07) is 16.5. The van der Waals surface area contributed by atoms with E-state index in [0.717, 1.165) is 11.1 Å². The highest BCUT2D eigenvalue weighted by atomic mass is 35.5. The normalized spacial score (nSPS) is 17.8. The molecule has 5 heteroatoms. The fourth-order valence-corrected chi connectivity index (χ4v) is 2.74. The molecule has 23 heavy (non-hydrogen) atoms. The topological polar surface area (TPSA) is 49.4 Å². The first-order valence-electron chi connectivity index (χ1n) is 7.49. The van der Waals surface area contributed by atoms with Gasteiger partial charge in [-0.1, -0.05) is 54.1 Å². The van der Waals surface area contributed by atoms with E-state index in [4.69, 9.17) is 11.6 Å². The van der Waals surface area contributed by atoms with Crippen molar-refractivity contribution in [2.45, 2.75) is 25.6 Å². The predicted octanol–water partition coefficient (Wildman–Crippen LogP) is 2.76. The summed E-state index contributed by atoms with van der Waals surface area (Å²) < 4.78 is 0. The van der Waals surface area contributed by atoms with Gasteiger partial charge in [0, 0.05) is 11.6 Å². The van der Waals surface area contributed by atoms with E-state index in [1.54, 1.807) is 0 Å². The van der Waals surface area contributed by atoms with Crippen molar-refractivity contribution in [1.82, 2.24) is 10.2 Å². The molecule has 0 unspecified atom stereocenters. The molecule has 0 aromatic heterocycles. The van der Waals surface area contributed by atoms with Crippen LogP contribution in [0.2, 0.25) is 5.02 Å². The number of carbonyl (C=O) groups excluding carboxylic acids is 2. The monoisotopic (exact) mass is 328 g/mol. The molecule has 4 nitrogen and oxygen atoms in total. The van der Waals surface area contributed by atoms with E-state index in [0.29, 0.717) is 18.1 Å². The summed E-state index contributed by atoms with van der Waals surface area (Å²) >= 11 is 5.85. The molecule has 0 saturated carbocycles. The molecule has 3 rings (SSSR count). The molecule has 1 fully saturated rings. The van der Waals surface area contributed by atoms with Crippen LogP contribution in [0, 0.1) is 0 Å². The van der Waals surface area contributed by atoms with Crippen LogP contribution >= 0.6 is 11.6 Å². The second-order valence-electron chi connectivity index (χ2n) is 5.57. The van der Waals surface area contributed by atoms with Crippen molar-refractivity contribution in [3.8, 4) is 0 Å². The lowest BCUT2D eigenvalue weighted by atomic mass is 10.2. The molecule has 0 radical (unpaired) electrons. The fraction of sp³-hybridized carbons (Fsp3) is 0.222. The van der Waals surface area contributed by atoms with Crippen LogP contribution in [0.1, 0.15) is 17.5 Å². The second kappa shape index (κ2) is 6.94. The van der Waals surface area contributed by atoms with Gasteiger partial charge in [-0.25, -0.2) is 0 Å². The van der Waals surface area contributed by atoms with E-state index in [9.17, 15) is 9.59 Å². The number of amides is 2. The maximum absolute atomic E-state index is 12.4. The van der Waals surface area contributed by atoms with E-state index in [1.165, 1.54) is 4.90 Å². The van der Waals surface area contributed by atoms with Crippen molar-refractivity contribution in [3.63, 3.8) is 0 Å². The molecule has 1 aliphatic rings. The molecule has 1 atom stereocenters. The summed E-state index contributed by atoms with van der Waals surface area (Å²) in [7, 11) is 0. The van der Waals surface area contributed by atoms with Crippen LogP contribution in [0.4, 0.5) is 0 Å². The Labute approximate surface area is 140 Å². The highest BCUT2D eigenvalue weighted by Gasteiger charge is 2.37. The number of halogens is 1. The van der Waals surface area contributed by atoms with Gasteiger partial charge in [-0.05, 0) is 23.3 Å². The summed E-state index contributed by atoms with van der Waals surface area (Å²) in [5, 5.41) is 3.83. The van der Waals surface area contributed by atoms with Crippen LogP contribution in [0.5, 0.6) is 0 Å². The minimum atomic E-state index is -0.457. The Bertz CT molecular complexity index is 701. The Hall–Kier alpha value is -2.17. The first-order valence-corrected chi connectivity index (χ1v) is 7.87. The molecule has 2 amide bonds. The number of hydrogen-bond donors (Lipinski definition) is 1. The molecular formula is C18H17ClN2O2. The van der Waals surface area contributed by atoms with E-state index < -0.39 is 6.04 Å². The van der Waals surface area contributed by atoms with Crippen molar-refractivity contribution in [3.05, 3.63) is 70.7 Å². The molecule has 1 heterocycles. The van der Waals surface area contributed by atoms with E-state index in [1.807, 2.05) is 54.6 Å². The van der Waals surface area contributed by atoms with Crippen LogP contribution in [-0.2, 0) is 22.7 Å². The molecule has 0 aliphatic carbocycles. The third kappa shape index (κ3) is 3.78. The Balaban J connectivity index is 1.60. The van der Waals surface area contributed by atoms with Crippen molar-refractivity contribution >= 4 is 23.4 Å². The van der Waals surface area contributed by atoms with Gasteiger partial charge in [-0.2, -0.15) is 0 Å². The number of nitrogens with zero attached hydrogens (tertiary/aromatic N) is 1. The zero-order chi connectivity index (χ0) is 16.2. The van der Waals surface area contributed by atoms with Crippen molar-refractivity contribution < 1.29 is 9.59 Å². The van der Waals surface area contributed by atoms with Crippen molar-refractivity contribution in [2.75, 3.05) is 0 Å². The third-order valence-electron chi connectivity index (χ3n) is 3.89. The van der Waals surface area contributed by atoms with E-state index in [2.05, 4.69) is 5.32 Å². The molecule has 1 saturated heterocycles. The van der Waals surface area contributed by atoms with Crippen molar-refractivity contribution in [1.29, 1.82) is 0 Å². The maximum atomic E-state index is 12.4. The highest BCUT2D eigenvalue weighted by molar-refractivity contribution is 6.30. The van der Waals surface area contributed by atoms with E-state index in [-0.39, 0.29) is 18.2 Å². The van der Waals surface area contributed by atoms with Gasteiger partial charge in [-0.3, -0.25) is 14.5 Å². The lowest BCUT2D eigenvalue weighted by Gasteiger charge is -2.15. The molecule has 2 aromatic carbocycles. The Kier molecular flexibility index (Phi) is 4.74. The maximum Gasteiger partial charge on any atom is 0.247 e. The summed E-state index contributed by atoms with van der Waals surface area (Å²) in [5.41, 5.74) is 1.98. The van der Waals surface area contributed by atoms with Crippen LogP contribution < -0.4 is 5.32 Å². The number of rotatable bonds is 5. The molecule has 1 aliphatic heterocycles. The quantitative estimate of drug-likeness (QED) is 0.859. The number of benzene rings is 2. The average molecular weight is 329 g/mol. The lowest BCUT2D eigenvalue weighted by Crippen LogP contribution is -2.38. The Morgan fingerprint density at radius 1 is 1.00 bits per heavy atom. The van der Waals surface area contributed by atoms with Crippen LogP contribution in [0.15, 0.2) is 54.6 Å². The fourth-order valence-electron chi connectivity index (χ4n) is 2.62. The molecule has 2 aromatic rings. The van der Waals surface area contributed by atoms with Gasteiger partial charge in [-0.15, -0.1) is 0 Å². The number of hydrogen-bond acceptors (Lipinski definition) is 3. The van der Waals surface area contributed by atoms with E-state index >= 15 is 0 Å². The van der Waals surface area contributed by atoms with Crippen molar-refractivity contribution in [2.24, 2.45) is 0 Å². The summed E-state index contributed by atoms with van der Waals surface area (Å²) in [6.45, 7) is 0.859. The average Bonchev–Trinajstić information content (AvgIpc) is 2.83. The second-order valence-corrected chi connectivity index (χ2v) is 6.00. The smallest absolute Gasteiger partial charge is 0.247 e. The van der Waals surface area contributed by atoms with Gasteiger partial charge in [0.25, 0.3) is 0 Å². The molecular weight excluding hydrogens is 312 g/mol. The van der Waals surface area contributed by atoms with Gasteiger partial charge in [0.15, 0.2) is 0 Å². The predicted molar refractivity (Wildman–Crippen MR) is 88.7 cm³/mol. The van der Waals surface area contributed by atoms with Crippen LogP contribution in [0.3, 0.4) is 0 Å². The standard InChI is InChI=1S/C18H17ClN2O2/c19-15-8-6-13(7-9-15)11-20-16-10-17(22)21(18(16)23)12-14-4-2-1-3-5-14/h1-9,16,20H,10-12H2/t16-/m1/s1. The summed E-state index contributed by atoms with van der Waals surface area (Å²) in [5.74, 6) is -0.291. The molecule has 1 N–H and O–H groups in total. The number of imide groups is 1. The largest absolute Gasteiger partial charge is 0.301 e. The lowest BCUT2D eigenvalue weighted by molar-refractivity contribution is -0.139. The SMILES string of the molecule is O=C1C[C@@H](NCc2ccc(Cl)cc2)C(=O)N1Cc1ccccc1. The van der Waals surface area contributed by atoms with Gasteiger partial charge >= 0.3 is 0 Å². The molecule has 118 valence electrons. The first-order chi connectivity index (χ1) is 11.1. The number of carbonyl (C=O) groups is 2. The minimum absolute atomic E-state index is 0.132. The Morgan fingerprint density at radius 2 is 1.70 bits per heavy atom. The van der Waals surface area contributed by atoms with Gasteiger partial charge in [0.2, 0.25) is 11.8 Å². The minimum Gasteiger partial charge on any atom is -0.301 e. The number of nitrogens with one attached hydrogen (secondary N) is 1. The first kappa shape index (κ1) is 15.7. The van der Waals surface area contributed by atoms with Gasteiger partial charge < -0.3 is 5.32 Å².